The van der Waals surface area contributed by atoms with Gasteiger partial charge in [-0.2, -0.15) is 0 Å². The first-order chi connectivity index (χ1) is 9.65. The predicted octanol–water partition coefficient (Wildman–Crippen LogP) is 2.32. The highest BCUT2D eigenvalue weighted by atomic mass is 16.5. The number of unbranched alkanes of at least 4 members (excludes halogenated alkanes) is 1. The number of nitrogens with zero attached hydrogens (tertiary/aromatic N) is 1. The Hall–Kier alpha value is -0.610. The molecular formula is C16H30N2O2. The van der Waals surface area contributed by atoms with Crippen LogP contribution in [-0.4, -0.2) is 49.2 Å². The van der Waals surface area contributed by atoms with Gasteiger partial charge in [0.05, 0.1) is 7.11 Å². The maximum atomic E-state index is 11.9. The topological polar surface area (TPSA) is 41.6 Å². The monoisotopic (exact) mass is 282 g/mol. The van der Waals surface area contributed by atoms with E-state index in [-0.39, 0.29) is 12.0 Å². The Morgan fingerprint density at radius 1 is 1.35 bits per heavy atom. The third-order valence-corrected chi connectivity index (χ3v) is 5.11. The summed E-state index contributed by atoms with van der Waals surface area (Å²) >= 11 is 0. The summed E-state index contributed by atoms with van der Waals surface area (Å²) in [7, 11) is 3.76. The van der Waals surface area contributed by atoms with Gasteiger partial charge in [0.1, 0.15) is 6.04 Å². The van der Waals surface area contributed by atoms with E-state index in [0.29, 0.717) is 18.1 Å². The highest BCUT2D eigenvalue weighted by Crippen LogP contribution is 2.32. The van der Waals surface area contributed by atoms with E-state index in [4.69, 9.17) is 4.74 Å². The highest BCUT2D eigenvalue weighted by molar-refractivity contribution is 5.75. The molecule has 2 bridgehead atoms. The summed E-state index contributed by atoms with van der Waals surface area (Å²) in [5.74, 6) is -0.0949. The summed E-state index contributed by atoms with van der Waals surface area (Å²) in [5, 5.41) is 3.59. The van der Waals surface area contributed by atoms with Crippen LogP contribution in [0.2, 0.25) is 0 Å². The van der Waals surface area contributed by atoms with E-state index in [1.165, 1.54) is 39.2 Å². The second kappa shape index (κ2) is 7.41. The SMILES string of the molecule is CCCCC(NC1CC2CCCC(C1)N2C)C(=O)OC. The number of carbonyl (C=O) groups excluding carboxylic acids is 1. The zero-order valence-corrected chi connectivity index (χ0v) is 13.2. The van der Waals surface area contributed by atoms with Crippen molar-refractivity contribution in [3.63, 3.8) is 0 Å². The lowest BCUT2D eigenvalue weighted by Gasteiger charge is -2.47. The number of piperidine rings is 2. The molecule has 2 fully saturated rings. The van der Waals surface area contributed by atoms with Crippen molar-refractivity contribution in [1.29, 1.82) is 0 Å². The first kappa shape index (κ1) is 15.8. The molecule has 0 aliphatic carbocycles. The van der Waals surface area contributed by atoms with Crippen LogP contribution >= 0.6 is 0 Å². The van der Waals surface area contributed by atoms with Gasteiger partial charge in [-0.1, -0.05) is 26.2 Å². The quantitative estimate of drug-likeness (QED) is 0.759. The van der Waals surface area contributed by atoms with Crippen molar-refractivity contribution >= 4 is 5.97 Å². The largest absolute Gasteiger partial charge is 0.468 e. The van der Waals surface area contributed by atoms with Crippen molar-refractivity contribution < 1.29 is 9.53 Å². The third-order valence-electron chi connectivity index (χ3n) is 5.11. The third kappa shape index (κ3) is 3.73. The van der Waals surface area contributed by atoms with E-state index in [2.05, 4.69) is 24.2 Å². The number of hydrogen-bond acceptors (Lipinski definition) is 4. The average Bonchev–Trinajstić information content (AvgIpc) is 2.43. The van der Waals surface area contributed by atoms with Gasteiger partial charge in [-0.25, -0.2) is 0 Å². The molecule has 20 heavy (non-hydrogen) atoms. The Kier molecular flexibility index (Phi) is 5.85. The second-order valence-corrected chi connectivity index (χ2v) is 6.46. The highest BCUT2D eigenvalue weighted by Gasteiger charge is 2.37. The van der Waals surface area contributed by atoms with Gasteiger partial charge in [0.25, 0.3) is 0 Å². The molecule has 2 heterocycles. The van der Waals surface area contributed by atoms with Crippen LogP contribution in [0.25, 0.3) is 0 Å². The normalized spacial score (nSPS) is 31.9. The van der Waals surface area contributed by atoms with E-state index >= 15 is 0 Å². The van der Waals surface area contributed by atoms with E-state index in [1.807, 2.05) is 0 Å². The number of esters is 1. The standard InChI is InChI=1S/C16H30N2O2/c1-4-5-9-15(16(19)20-3)17-12-10-13-7-6-8-14(11-12)18(13)2/h12-15,17H,4-11H2,1-3H3. The number of carbonyl (C=O) groups is 1. The molecule has 1 N–H and O–H groups in total. The second-order valence-electron chi connectivity index (χ2n) is 6.46. The zero-order valence-electron chi connectivity index (χ0n) is 13.2. The molecule has 0 aromatic carbocycles. The number of ether oxygens (including phenoxy) is 1. The van der Waals surface area contributed by atoms with Gasteiger partial charge < -0.3 is 15.0 Å². The van der Waals surface area contributed by atoms with Crippen LogP contribution in [-0.2, 0) is 9.53 Å². The molecule has 4 nitrogen and oxygen atoms in total. The number of methoxy groups -OCH3 is 1. The van der Waals surface area contributed by atoms with Gasteiger partial charge in [0.2, 0.25) is 0 Å². The van der Waals surface area contributed by atoms with Gasteiger partial charge in [-0.15, -0.1) is 0 Å². The van der Waals surface area contributed by atoms with Crippen molar-refractivity contribution in [3.05, 3.63) is 0 Å². The molecular weight excluding hydrogens is 252 g/mol. The van der Waals surface area contributed by atoms with Crippen LogP contribution in [0.3, 0.4) is 0 Å². The minimum atomic E-state index is -0.117. The molecule has 2 saturated heterocycles. The molecule has 0 aromatic heterocycles. The van der Waals surface area contributed by atoms with E-state index in [9.17, 15) is 4.79 Å². The lowest BCUT2D eigenvalue weighted by atomic mass is 9.82. The minimum Gasteiger partial charge on any atom is -0.468 e. The fraction of sp³-hybridized carbons (Fsp3) is 0.938. The molecule has 0 radical (unpaired) electrons. The summed E-state index contributed by atoms with van der Waals surface area (Å²) in [6.45, 7) is 2.16. The lowest BCUT2D eigenvalue weighted by molar-refractivity contribution is -0.143. The van der Waals surface area contributed by atoms with Crippen LogP contribution in [0.5, 0.6) is 0 Å². The summed E-state index contributed by atoms with van der Waals surface area (Å²) in [6, 6.07) is 1.76. The fourth-order valence-corrected chi connectivity index (χ4v) is 3.86. The Labute approximate surface area is 123 Å². The molecule has 0 saturated carbocycles. The fourth-order valence-electron chi connectivity index (χ4n) is 3.86. The summed E-state index contributed by atoms with van der Waals surface area (Å²) in [6.07, 6.45) is 9.42. The van der Waals surface area contributed by atoms with E-state index in [0.717, 1.165) is 19.3 Å². The van der Waals surface area contributed by atoms with Crippen LogP contribution < -0.4 is 5.32 Å². The molecule has 0 spiro atoms. The smallest absolute Gasteiger partial charge is 0.322 e. The van der Waals surface area contributed by atoms with Crippen molar-refractivity contribution in [2.45, 2.75) is 82.5 Å². The van der Waals surface area contributed by atoms with Crippen molar-refractivity contribution in [1.82, 2.24) is 10.2 Å². The van der Waals surface area contributed by atoms with Gasteiger partial charge in [0, 0.05) is 18.1 Å². The van der Waals surface area contributed by atoms with E-state index in [1.54, 1.807) is 0 Å². The van der Waals surface area contributed by atoms with Crippen molar-refractivity contribution in [2.24, 2.45) is 0 Å². The van der Waals surface area contributed by atoms with Gasteiger partial charge in [0.15, 0.2) is 0 Å². The predicted molar refractivity (Wildman–Crippen MR) is 80.7 cm³/mol. The lowest BCUT2D eigenvalue weighted by Crippen LogP contribution is -2.56. The Morgan fingerprint density at radius 2 is 2.00 bits per heavy atom. The molecule has 3 unspecified atom stereocenters. The van der Waals surface area contributed by atoms with Crippen LogP contribution in [0.4, 0.5) is 0 Å². The molecule has 2 rings (SSSR count). The molecule has 3 atom stereocenters. The van der Waals surface area contributed by atoms with Crippen molar-refractivity contribution in [3.8, 4) is 0 Å². The van der Waals surface area contributed by atoms with Crippen LogP contribution in [0.15, 0.2) is 0 Å². The molecule has 116 valence electrons. The molecule has 2 aliphatic rings. The first-order valence-corrected chi connectivity index (χ1v) is 8.21. The van der Waals surface area contributed by atoms with Gasteiger partial charge >= 0.3 is 5.97 Å². The Bertz CT molecular complexity index is 308. The first-order valence-electron chi connectivity index (χ1n) is 8.21. The maximum absolute atomic E-state index is 11.9. The average molecular weight is 282 g/mol. The van der Waals surface area contributed by atoms with Gasteiger partial charge in [-0.3, -0.25) is 4.79 Å². The zero-order chi connectivity index (χ0) is 14.5. The number of nitrogens with one attached hydrogen (secondary N) is 1. The molecule has 0 aromatic rings. The Balaban J connectivity index is 1.91. The minimum absolute atomic E-state index is 0.0949. The molecule has 2 aliphatic heterocycles. The summed E-state index contributed by atoms with van der Waals surface area (Å²) in [5.41, 5.74) is 0. The summed E-state index contributed by atoms with van der Waals surface area (Å²) < 4.78 is 4.95. The Morgan fingerprint density at radius 3 is 2.55 bits per heavy atom. The van der Waals surface area contributed by atoms with Crippen LogP contribution in [0.1, 0.15) is 58.3 Å². The van der Waals surface area contributed by atoms with E-state index < -0.39 is 0 Å². The number of rotatable bonds is 6. The number of fused-ring (bicyclic) bond motifs is 2. The van der Waals surface area contributed by atoms with Gasteiger partial charge in [-0.05, 0) is 39.2 Å². The number of hydrogen-bond donors (Lipinski definition) is 1. The molecule has 0 amide bonds. The summed E-state index contributed by atoms with van der Waals surface area (Å²) in [4.78, 5) is 14.5. The molecule has 4 heteroatoms. The maximum Gasteiger partial charge on any atom is 0.322 e. The van der Waals surface area contributed by atoms with Crippen LogP contribution in [0, 0.1) is 0 Å². The van der Waals surface area contributed by atoms with Crippen molar-refractivity contribution in [2.75, 3.05) is 14.2 Å².